The summed E-state index contributed by atoms with van der Waals surface area (Å²) >= 11 is 5.67. The zero-order chi connectivity index (χ0) is 17.4. The first-order valence-electron chi connectivity index (χ1n) is 6.20. The molecule has 0 atom stereocenters. The van der Waals surface area contributed by atoms with Crippen molar-refractivity contribution in [1.29, 1.82) is 0 Å². The molecule has 0 aliphatic heterocycles. The highest BCUT2D eigenvalue weighted by atomic mass is 35.5. The van der Waals surface area contributed by atoms with Crippen molar-refractivity contribution in [2.24, 2.45) is 0 Å². The minimum Gasteiger partial charge on any atom is -0.506 e. The number of anilines is 1. The van der Waals surface area contributed by atoms with Gasteiger partial charge in [0.1, 0.15) is 11.4 Å². The SMILES string of the molecule is Cc1ccc(S(=O)(=O)Nc2c(O)cc(C(F)(F)F)cc2Cl)cc1. The van der Waals surface area contributed by atoms with Crippen molar-refractivity contribution in [3.05, 3.63) is 52.5 Å². The topological polar surface area (TPSA) is 66.4 Å². The third-order valence-corrected chi connectivity index (χ3v) is 4.63. The lowest BCUT2D eigenvalue weighted by Gasteiger charge is -2.14. The van der Waals surface area contributed by atoms with Crippen LogP contribution < -0.4 is 4.72 Å². The van der Waals surface area contributed by atoms with E-state index in [1.165, 1.54) is 12.1 Å². The Kier molecular flexibility index (Phi) is 4.50. The minimum absolute atomic E-state index is 0.113. The molecule has 0 saturated heterocycles. The van der Waals surface area contributed by atoms with E-state index in [1.807, 2.05) is 4.72 Å². The van der Waals surface area contributed by atoms with Crippen molar-refractivity contribution >= 4 is 27.3 Å². The van der Waals surface area contributed by atoms with E-state index < -0.39 is 38.2 Å². The zero-order valence-corrected chi connectivity index (χ0v) is 13.2. The fraction of sp³-hybridized carbons (Fsp3) is 0.143. The Bertz CT molecular complexity index is 810. The van der Waals surface area contributed by atoms with Gasteiger partial charge in [-0.2, -0.15) is 13.2 Å². The second kappa shape index (κ2) is 5.93. The van der Waals surface area contributed by atoms with E-state index in [9.17, 15) is 26.7 Å². The van der Waals surface area contributed by atoms with E-state index in [0.717, 1.165) is 5.56 Å². The predicted octanol–water partition coefficient (Wildman–Crippen LogP) is 4.17. The molecule has 0 aromatic heterocycles. The van der Waals surface area contributed by atoms with Gasteiger partial charge in [-0.25, -0.2) is 8.42 Å². The second-order valence-electron chi connectivity index (χ2n) is 4.77. The Morgan fingerprint density at radius 1 is 1.13 bits per heavy atom. The molecule has 0 aliphatic carbocycles. The second-order valence-corrected chi connectivity index (χ2v) is 6.86. The van der Waals surface area contributed by atoms with Gasteiger partial charge in [0.2, 0.25) is 0 Å². The van der Waals surface area contributed by atoms with Crippen molar-refractivity contribution in [3.63, 3.8) is 0 Å². The van der Waals surface area contributed by atoms with Crippen LogP contribution in [0.3, 0.4) is 0 Å². The van der Waals surface area contributed by atoms with Crippen molar-refractivity contribution in [3.8, 4) is 5.75 Å². The summed E-state index contributed by atoms with van der Waals surface area (Å²) in [4.78, 5) is -0.113. The molecule has 23 heavy (non-hydrogen) atoms. The number of hydrogen-bond acceptors (Lipinski definition) is 3. The smallest absolute Gasteiger partial charge is 0.416 e. The highest BCUT2D eigenvalue weighted by Gasteiger charge is 2.32. The molecule has 0 radical (unpaired) electrons. The predicted molar refractivity (Wildman–Crippen MR) is 80.1 cm³/mol. The third kappa shape index (κ3) is 3.89. The van der Waals surface area contributed by atoms with Crippen molar-refractivity contribution in [1.82, 2.24) is 0 Å². The largest absolute Gasteiger partial charge is 0.506 e. The van der Waals surface area contributed by atoms with Gasteiger partial charge >= 0.3 is 6.18 Å². The van der Waals surface area contributed by atoms with Crippen LogP contribution in [0, 0.1) is 6.92 Å². The standard InChI is InChI=1S/C14H11ClF3NO3S/c1-8-2-4-10(5-3-8)23(21,22)19-13-11(15)6-9(7-12(13)20)14(16,17)18/h2-7,19-20H,1H3. The van der Waals surface area contributed by atoms with Gasteiger partial charge in [-0.05, 0) is 31.2 Å². The fourth-order valence-electron chi connectivity index (χ4n) is 1.77. The molecule has 0 saturated carbocycles. The van der Waals surface area contributed by atoms with Crippen LogP contribution in [0.4, 0.5) is 18.9 Å². The number of alkyl halides is 3. The first kappa shape index (κ1) is 17.4. The highest BCUT2D eigenvalue weighted by Crippen LogP contribution is 2.40. The van der Waals surface area contributed by atoms with Crippen molar-refractivity contribution in [2.45, 2.75) is 18.0 Å². The van der Waals surface area contributed by atoms with Crippen LogP contribution in [0.25, 0.3) is 0 Å². The average molecular weight is 366 g/mol. The minimum atomic E-state index is -4.71. The van der Waals surface area contributed by atoms with E-state index in [2.05, 4.69) is 0 Å². The number of phenols is 1. The maximum Gasteiger partial charge on any atom is 0.416 e. The number of aromatic hydroxyl groups is 1. The first-order valence-corrected chi connectivity index (χ1v) is 8.06. The van der Waals surface area contributed by atoms with Gasteiger partial charge in [-0.3, -0.25) is 4.72 Å². The molecule has 0 bridgehead atoms. The molecule has 2 rings (SSSR count). The Morgan fingerprint density at radius 2 is 1.70 bits per heavy atom. The van der Waals surface area contributed by atoms with Crippen LogP contribution in [0.2, 0.25) is 5.02 Å². The molecule has 4 nitrogen and oxygen atoms in total. The van der Waals surface area contributed by atoms with Gasteiger partial charge in [0, 0.05) is 0 Å². The van der Waals surface area contributed by atoms with E-state index in [0.29, 0.717) is 12.1 Å². The summed E-state index contributed by atoms with van der Waals surface area (Å²) in [5.74, 6) is -0.916. The van der Waals surface area contributed by atoms with Crippen LogP contribution in [0.1, 0.15) is 11.1 Å². The number of aryl methyl sites for hydroxylation is 1. The van der Waals surface area contributed by atoms with Crippen molar-refractivity contribution in [2.75, 3.05) is 4.72 Å². The summed E-state index contributed by atoms with van der Waals surface area (Å²) in [6.45, 7) is 1.77. The van der Waals surface area contributed by atoms with Crippen LogP contribution in [-0.4, -0.2) is 13.5 Å². The van der Waals surface area contributed by atoms with Crippen LogP contribution in [-0.2, 0) is 16.2 Å². The number of halogens is 4. The molecular formula is C14H11ClF3NO3S. The fourth-order valence-corrected chi connectivity index (χ4v) is 3.18. The van der Waals surface area contributed by atoms with Gasteiger partial charge in [-0.1, -0.05) is 29.3 Å². The molecule has 0 amide bonds. The zero-order valence-electron chi connectivity index (χ0n) is 11.6. The summed E-state index contributed by atoms with van der Waals surface area (Å²) in [5.41, 5.74) is -0.863. The first-order chi connectivity index (χ1) is 10.5. The normalized spacial score (nSPS) is 12.2. The molecule has 2 aromatic rings. The number of nitrogens with one attached hydrogen (secondary N) is 1. The molecule has 124 valence electrons. The average Bonchev–Trinajstić information content (AvgIpc) is 2.42. The van der Waals surface area contributed by atoms with E-state index in [1.54, 1.807) is 19.1 Å². The molecule has 0 heterocycles. The molecule has 0 aliphatic rings. The Hall–Kier alpha value is -1.93. The van der Waals surface area contributed by atoms with Gasteiger partial charge in [0.15, 0.2) is 0 Å². The summed E-state index contributed by atoms with van der Waals surface area (Å²) in [5, 5.41) is 9.12. The van der Waals surface area contributed by atoms with Crippen LogP contribution in [0.5, 0.6) is 5.75 Å². The van der Waals surface area contributed by atoms with Crippen molar-refractivity contribution < 1.29 is 26.7 Å². The molecule has 0 spiro atoms. The Morgan fingerprint density at radius 3 is 2.17 bits per heavy atom. The van der Waals surface area contributed by atoms with E-state index in [4.69, 9.17) is 11.6 Å². The van der Waals surface area contributed by atoms with Crippen LogP contribution >= 0.6 is 11.6 Å². The quantitative estimate of drug-likeness (QED) is 0.802. The van der Waals surface area contributed by atoms with Gasteiger partial charge in [-0.15, -0.1) is 0 Å². The molecule has 2 N–H and O–H groups in total. The number of sulfonamides is 1. The molecular weight excluding hydrogens is 355 g/mol. The summed E-state index contributed by atoms with van der Waals surface area (Å²) in [6.07, 6.45) is -4.71. The number of benzene rings is 2. The third-order valence-electron chi connectivity index (χ3n) is 2.96. The summed E-state index contributed by atoms with van der Waals surface area (Å²) in [7, 11) is -4.10. The number of rotatable bonds is 3. The molecule has 0 fully saturated rings. The highest BCUT2D eigenvalue weighted by molar-refractivity contribution is 7.92. The maximum absolute atomic E-state index is 12.6. The summed E-state index contributed by atoms with van der Waals surface area (Å²) < 4.78 is 64.2. The number of hydrogen-bond donors (Lipinski definition) is 2. The Balaban J connectivity index is 2.42. The summed E-state index contributed by atoms with van der Waals surface area (Å²) in [6, 6.07) is 6.71. The van der Waals surface area contributed by atoms with Gasteiger partial charge in [0.05, 0.1) is 15.5 Å². The lowest BCUT2D eigenvalue weighted by molar-refractivity contribution is -0.137. The number of phenolic OH excluding ortho intramolecular Hbond substituents is 1. The lowest BCUT2D eigenvalue weighted by Crippen LogP contribution is -2.14. The Labute approximate surface area is 135 Å². The van der Waals surface area contributed by atoms with Gasteiger partial charge < -0.3 is 5.11 Å². The lowest BCUT2D eigenvalue weighted by atomic mass is 10.2. The monoisotopic (exact) mass is 365 g/mol. The van der Waals surface area contributed by atoms with Crippen LogP contribution in [0.15, 0.2) is 41.3 Å². The van der Waals surface area contributed by atoms with Gasteiger partial charge in [0.25, 0.3) is 10.0 Å². The molecule has 2 aromatic carbocycles. The molecule has 0 unspecified atom stereocenters. The maximum atomic E-state index is 12.6. The van der Waals surface area contributed by atoms with E-state index >= 15 is 0 Å². The van der Waals surface area contributed by atoms with E-state index in [-0.39, 0.29) is 4.90 Å². The molecule has 9 heteroatoms.